The Morgan fingerprint density at radius 3 is 2.73 bits per heavy atom. The Morgan fingerprint density at radius 2 is 2.08 bits per heavy atom. The Balaban J connectivity index is 2.02. The smallest absolute Gasteiger partial charge is 0.303 e. The van der Waals surface area contributed by atoms with Gasteiger partial charge in [0.05, 0.1) is 18.8 Å². The lowest BCUT2D eigenvalue weighted by molar-refractivity contribution is -0.136. The van der Waals surface area contributed by atoms with Crippen molar-refractivity contribution >= 4 is 5.97 Å². The van der Waals surface area contributed by atoms with E-state index in [1.807, 2.05) is 6.92 Å². The number of carbonyl (C=O) groups is 1. The molecular weight excluding hydrogens is 337 g/mol. The molecule has 0 spiro atoms. The molecule has 6 heteroatoms. The van der Waals surface area contributed by atoms with Crippen molar-refractivity contribution in [3.05, 3.63) is 35.1 Å². The second-order valence-electron chi connectivity index (χ2n) is 7.01. The van der Waals surface area contributed by atoms with E-state index in [2.05, 4.69) is 4.90 Å². The molecule has 0 saturated carbocycles. The van der Waals surface area contributed by atoms with Gasteiger partial charge >= 0.3 is 5.97 Å². The van der Waals surface area contributed by atoms with Gasteiger partial charge in [-0.2, -0.15) is 0 Å². The van der Waals surface area contributed by atoms with Gasteiger partial charge in [-0.15, -0.1) is 0 Å². The van der Waals surface area contributed by atoms with Gasteiger partial charge in [0, 0.05) is 13.0 Å². The van der Waals surface area contributed by atoms with Crippen LogP contribution in [0, 0.1) is 5.82 Å². The van der Waals surface area contributed by atoms with E-state index in [1.54, 1.807) is 6.07 Å². The molecule has 5 nitrogen and oxygen atoms in total. The Hall–Kier alpha value is -1.50. The minimum atomic E-state index is -0.880. The number of aryl methyl sites for hydroxylation is 1. The van der Waals surface area contributed by atoms with Crippen molar-refractivity contribution < 1.29 is 24.1 Å². The molecule has 0 radical (unpaired) electrons. The van der Waals surface area contributed by atoms with Gasteiger partial charge in [0.25, 0.3) is 0 Å². The highest BCUT2D eigenvalue weighted by Gasteiger charge is 2.20. The second kappa shape index (κ2) is 10.6. The summed E-state index contributed by atoms with van der Waals surface area (Å²) < 4.78 is 19.7. The van der Waals surface area contributed by atoms with Crippen LogP contribution < -0.4 is 0 Å². The molecule has 2 rings (SSSR count). The molecule has 1 saturated heterocycles. The lowest BCUT2D eigenvalue weighted by Crippen LogP contribution is -2.33. The molecule has 1 aromatic carbocycles. The number of hydrogen-bond donors (Lipinski definition) is 2. The molecule has 1 aliphatic heterocycles. The van der Waals surface area contributed by atoms with Gasteiger partial charge in [0.15, 0.2) is 0 Å². The number of rotatable bonds is 11. The number of benzene rings is 1. The van der Waals surface area contributed by atoms with Crippen LogP contribution in [0.5, 0.6) is 0 Å². The molecule has 0 amide bonds. The van der Waals surface area contributed by atoms with Crippen LogP contribution in [0.1, 0.15) is 56.3 Å². The van der Waals surface area contributed by atoms with E-state index < -0.39 is 12.1 Å². The van der Waals surface area contributed by atoms with Gasteiger partial charge in [-0.1, -0.05) is 19.4 Å². The zero-order chi connectivity index (χ0) is 18.9. The summed E-state index contributed by atoms with van der Waals surface area (Å²) in [6.07, 6.45) is 3.29. The number of ether oxygens (including phenoxy) is 1. The highest BCUT2D eigenvalue weighted by Crippen LogP contribution is 2.28. The molecule has 0 aromatic heterocycles. The predicted octanol–water partition coefficient (Wildman–Crippen LogP) is 3.16. The largest absolute Gasteiger partial charge is 0.481 e. The summed E-state index contributed by atoms with van der Waals surface area (Å²) in [6.45, 7) is 4.83. The molecule has 2 atom stereocenters. The van der Waals surface area contributed by atoms with Crippen molar-refractivity contribution in [2.24, 2.45) is 0 Å². The average Bonchev–Trinajstić information content (AvgIpc) is 3.10. The molecule has 1 fully saturated rings. The molecular formula is C20H30FNO4. The predicted molar refractivity (Wildman–Crippen MR) is 97.6 cm³/mol. The van der Waals surface area contributed by atoms with E-state index in [0.717, 1.165) is 25.1 Å². The lowest BCUT2D eigenvalue weighted by atomic mass is 9.96. The molecule has 146 valence electrons. The van der Waals surface area contributed by atoms with Crippen LogP contribution in [0.15, 0.2) is 18.2 Å². The van der Waals surface area contributed by atoms with E-state index in [9.17, 15) is 14.3 Å². The fourth-order valence-corrected chi connectivity index (χ4v) is 3.47. The first-order chi connectivity index (χ1) is 12.5. The van der Waals surface area contributed by atoms with Gasteiger partial charge in [-0.05, 0) is 62.0 Å². The van der Waals surface area contributed by atoms with Crippen molar-refractivity contribution in [2.45, 2.75) is 57.7 Å². The molecule has 1 aromatic rings. The number of carboxylic acids is 1. The first kappa shape index (κ1) is 20.8. The van der Waals surface area contributed by atoms with Gasteiger partial charge in [-0.25, -0.2) is 4.39 Å². The first-order valence-electron chi connectivity index (χ1n) is 9.51. The minimum Gasteiger partial charge on any atom is -0.481 e. The first-order valence-corrected chi connectivity index (χ1v) is 9.51. The summed E-state index contributed by atoms with van der Waals surface area (Å²) in [5.74, 6) is -1.24. The third-order valence-electron chi connectivity index (χ3n) is 4.77. The Bertz CT molecular complexity index is 575. The van der Waals surface area contributed by atoms with Crippen molar-refractivity contribution in [3.63, 3.8) is 0 Å². The summed E-state index contributed by atoms with van der Waals surface area (Å²) in [4.78, 5) is 13.1. The number of hydrogen-bond acceptors (Lipinski definition) is 4. The monoisotopic (exact) mass is 367 g/mol. The topological polar surface area (TPSA) is 70.0 Å². The highest BCUT2D eigenvalue weighted by molar-refractivity contribution is 5.67. The van der Waals surface area contributed by atoms with Crippen LogP contribution in [-0.4, -0.2) is 53.4 Å². The molecule has 1 aliphatic rings. The summed E-state index contributed by atoms with van der Waals surface area (Å²) in [6, 6.07) is 4.43. The van der Waals surface area contributed by atoms with Crippen LogP contribution >= 0.6 is 0 Å². The molecule has 0 aliphatic carbocycles. The van der Waals surface area contributed by atoms with Crippen molar-refractivity contribution in [1.29, 1.82) is 0 Å². The Morgan fingerprint density at radius 1 is 1.35 bits per heavy atom. The summed E-state index contributed by atoms with van der Waals surface area (Å²) in [5.41, 5.74) is 1.49. The number of aliphatic carboxylic acids is 1. The minimum absolute atomic E-state index is 0.00490. The molecule has 2 N–H and O–H groups in total. The maximum Gasteiger partial charge on any atom is 0.303 e. The van der Waals surface area contributed by atoms with Gasteiger partial charge in [0.2, 0.25) is 0 Å². The maximum absolute atomic E-state index is 13.8. The lowest BCUT2D eigenvalue weighted by Gasteiger charge is -2.24. The zero-order valence-electron chi connectivity index (χ0n) is 15.5. The average molecular weight is 367 g/mol. The number of likely N-dealkylation sites (tertiary alicyclic amines) is 1. The molecule has 0 bridgehead atoms. The Labute approximate surface area is 154 Å². The van der Waals surface area contributed by atoms with E-state index in [4.69, 9.17) is 9.84 Å². The summed E-state index contributed by atoms with van der Waals surface area (Å²) >= 11 is 0. The van der Waals surface area contributed by atoms with Crippen molar-refractivity contribution in [2.75, 3.05) is 26.2 Å². The summed E-state index contributed by atoms with van der Waals surface area (Å²) in [7, 11) is 0. The van der Waals surface area contributed by atoms with Gasteiger partial charge in [0.1, 0.15) is 5.82 Å². The van der Waals surface area contributed by atoms with Crippen LogP contribution in [0.25, 0.3) is 0 Å². The van der Waals surface area contributed by atoms with Crippen LogP contribution in [0.2, 0.25) is 0 Å². The number of halogens is 1. The van der Waals surface area contributed by atoms with Crippen molar-refractivity contribution in [3.8, 4) is 0 Å². The number of carboxylic acid groups (broad SMARTS) is 1. The van der Waals surface area contributed by atoms with Crippen LogP contribution in [0.3, 0.4) is 0 Å². The van der Waals surface area contributed by atoms with E-state index >= 15 is 0 Å². The van der Waals surface area contributed by atoms with E-state index in [0.29, 0.717) is 24.9 Å². The van der Waals surface area contributed by atoms with E-state index in [-0.39, 0.29) is 24.9 Å². The molecule has 1 heterocycles. The normalized spacial score (nSPS) is 17.3. The zero-order valence-corrected chi connectivity index (χ0v) is 15.5. The quantitative estimate of drug-likeness (QED) is 0.629. The molecule has 26 heavy (non-hydrogen) atoms. The fraction of sp³-hybridized carbons (Fsp3) is 0.650. The molecule has 2 unspecified atom stereocenters. The third kappa shape index (κ3) is 6.67. The maximum atomic E-state index is 13.8. The van der Waals surface area contributed by atoms with E-state index in [1.165, 1.54) is 25.0 Å². The Kier molecular flexibility index (Phi) is 8.48. The van der Waals surface area contributed by atoms with Crippen LogP contribution in [-0.2, 0) is 16.0 Å². The third-order valence-corrected chi connectivity index (χ3v) is 4.77. The highest BCUT2D eigenvalue weighted by atomic mass is 19.1. The number of aliphatic hydroxyl groups is 1. The van der Waals surface area contributed by atoms with Gasteiger partial charge in [-0.3, -0.25) is 4.79 Å². The summed E-state index contributed by atoms with van der Waals surface area (Å²) in [5, 5.41) is 19.2. The number of aliphatic hydroxyl groups excluding tert-OH is 1. The second-order valence-corrected chi connectivity index (χ2v) is 7.01. The number of nitrogens with zero attached hydrogens (tertiary/aromatic N) is 1. The van der Waals surface area contributed by atoms with Gasteiger partial charge < -0.3 is 19.8 Å². The van der Waals surface area contributed by atoms with Crippen LogP contribution in [0.4, 0.5) is 4.39 Å². The standard InChI is InChI=1S/C20H30FNO4/c1-2-5-19(26-14-17(23)13-22-10-3-4-11-22)18-12-16(21)8-6-15(18)7-9-20(24)25/h6,8,12,17,19,23H,2-5,7,9-11,13-14H2,1H3,(H,24,25). The number of β-amino-alcohol motifs (C(OH)–C–C–N with tert-alkyl or cyclic N) is 1. The van der Waals surface area contributed by atoms with Crippen molar-refractivity contribution in [1.82, 2.24) is 4.90 Å². The SMILES string of the molecule is CCCC(OCC(O)CN1CCCC1)c1cc(F)ccc1CCC(=O)O. The fourth-order valence-electron chi connectivity index (χ4n) is 3.47.